The summed E-state index contributed by atoms with van der Waals surface area (Å²) in [5.74, 6) is -2.14. The molecule has 2 aromatic rings. The monoisotopic (exact) mass is 541 g/mol. The smallest absolute Gasteiger partial charge is 0.244 e. The van der Waals surface area contributed by atoms with Crippen LogP contribution in [-0.4, -0.2) is 50.0 Å². The summed E-state index contributed by atoms with van der Waals surface area (Å²) in [5.41, 5.74) is 0.593. The standard InChI is InChI=1S/C25H30ClF2N3O4S/c1-3-23(25(33)29-19-6-4-5-7-19)30(15-17-8-10-18(27)11-9-17)24(32)16-31(36(2,34)35)20-12-13-22(28)21(26)14-20/h8-14,19,23H,3-7,15-16H2,1-2H3,(H,29,33). The Morgan fingerprint density at radius 3 is 2.31 bits per heavy atom. The van der Waals surface area contributed by atoms with Crippen LogP contribution in [0, 0.1) is 11.6 Å². The van der Waals surface area contributed by atoms with Gasteiger partial charge in [-0.05, 0) is 55.2 Å². The van der Waals surface area contributed by atoms with Crippen LogP contribution >= 0.6 is 11.6 Å². The van der Waals surface area contributed by atoms with E-state index in [0.717, 1.165) is 48.4 Å². The highest BCUT2D eigenvalue weighted by molar-refractivity contribution is 7.92. The van der Waals surface area contributed by atoms with Crippen molar-refractivity contribution in [1.82, 2.24) is 10.2 Å². The molecular formula is C25H30ClF2N3O4S. The number of hydrogen-bond acceptors (Lipinski definition) is 4. The maximum absolute atomic E-state index is 13.7. The average Bonchev–Trinajstić information content (AvgIpc) is 3.32. The highest BCUT2D eigenvalue weighted by Crippen LogP contribution is 2.25. The number of anilines is 1. The molecule has 1 saturated carbocycles. The van der Waals surface area contributed by atoms with E-state index in [9.17, 15) is 26.8 Å². The number of carbonyl (C=O) groups is 2. The van der Waals surface area contributed by atoms with Crippen LogP contribution in [0.4, 0.5) is 14.5 Å². The summed E-state index contributed by atoms with van der Waals surface area (Å²) < 4.78 is 53.1. The van der Waals surface area contributed by atoms with E-state index in [1.807, 2.05) is 0 Å². The Morgan fingerprint density at radius 1 is 1.11 bits per heavy atom. The molecule has 0 radical (unpaired) electrons. The van der Waals surface area contributed by atoms with Gasteiger partial charge >= 0.3 is 0 Å². The number of sulfonamides is 1. The number of rotatable bonds is 10. The van der Waals surface area contributed by atoms with Crippen LogP contribution in [-0.2, 0) is 26.2 Å². The van der Waals surface area contributed by atoms with Gasteiger partial charge in [0.1, 0.15) is 24.2 Å². The molecule has 1 unspecified atom stereocenters. The fourth-order valence-electron chi connectivity index (χ4n) is 4.33. The number of halogens is 3. The molecular weight excluding hydrogens is 512 g/mol. The van der Waals surface area contributed by atoms with E-state index in [1.54, 1.807) is 6.92 Å². The Hall–Kier alpha value is -2.72. The number of hydrogen-bond donors (Lipinski definition) is 1. The lowest BCUT2D eigenvalue weighted by atomic mass is 10.1. The van der Waals surface area contributed by atoms with Gasteiger partial charge in [0.2, 0.25) is 21.8 Å². The number of amides is 2. The van der Waals surface area contributed by atoms with Gasteiger partial charge in [-0.2, -0.15) is 0 Å². The van der Waals surface area contributed by atoms with Crippen molar-refractivity contribution in [3.63, 3.8) is 0 Å². The zero-order valence-corrected chi connectivity index (χ0v) is 21.8. The zero-order valence-electron chi connectivity index (χ0n) is 20.2. The number of nitrogens with one attached hydrogen (secondary N) is 1. The van der Waals surface area contributed by atoms with Gasteiger partial charge < -0.3 is 10.2 Å². The second-order valence-electron chi connectivity index (χ2n) is 8.93. The van der Waals surface area contributed by atoms with Crippen LogP contribution < -0.4 is 9.62 Å². The molecule has 1 N–H and O–H groups in total. The Labute approximate surface area is 215 Å². The number of nitrogens with zero attached hydrogens (tertiary/aromatic N) is 2. The molecule has 0 saturated heterocycles. The third-order valence-corrected chi connectivity index (χ3v) is 7.65. The molecule has 0 aliphatic heterocycles. The molecule has 3 rings (SSSR count). The van der Waals surface area contributed by atoms with Crippen molar-refractivity contribution < 1.29 is 26.8 Å². The van der Waals surface area contributed by atoms with Crippen molar-refractivity contribution >= 4 is 39.1 Å². The Morgan fingerprint density at radius 2 is 1.75 bits per heavy atom. The fraction of sp³-hybridized carbons (Fsp3) is 0.440. The van der Waals surface area contributed by atoms with Crippen molar-refractivity contribution in [2.75, 3.05) is 17.1 Å². The van der Waals surface area contributed by atoms with Gasteiger partial charge in [-0.1, -0.05) is 43.5 Å². The minimum atomic E-state index is -3.97. The molecule has 0 aromatic heterocycles. The normalized spacial score (nSPS) is 14.9. The summed E-state index contributed by atoms with van der Waals surface area (Å²) in [6.07, 6.45) is 4.97. The molecule has 7 nitrogen and oxygen atoms in total. The van der Waals surface area contributed by atoms with Crippen LogP contribution in [0.1, 0.15) is 44.6 Å². The van der Waals surface area contributed by atoms with E-state index in [-0.39, 0.29) is 35.6 Å². The first-order valence-electron chi connectivity index (χ1n) is 11.8. The van der Waals surface area contributed by atoms with Gasteiger partial charge in [0.15, 0.2) is 0 Å². The average molecular weight is 542 g/mol. The van der Waals surface area contributed by atoms with E-state index >= 15 is 0 Å². The summed E-state index contributed by atoms with van der Waals surface area (Å²) in [4.78, 5) is 28.1. The maximum atomic E-state index is 13.7. The van der Waals surface area contributed by atoms with Crippen LogP contribution in [0.5, 0.6) is 0 Å². The molecule has 2 aromatic carbocycles. The van der Waals surface area contributed by atoms with E-state index in [1.165, 1.54) is 35.2 Å². The van der Waals surface area contributed by atoms with Crippen molar-refractivity contribution in [1.29, 1.82) is 0 Å². The molecule has 36 heavy (non-hydrogen) atoms. The van der Waals surface area contributed by atoms with Gasteiger partial charge in [0, 0.05) is 12.6 Å². The Kier molecular flexibility index (Phi) is 9.30. The first-order chi connectivity index (χ1) is 17.0. The summed E-state index contributed by atoms with van der Waals surface area (Å²) in [5, 5.41) is 2.71. The molecule has 1 aliphatic rings. The Balaban J connectivity index is 1.92. The largest absolute Gasteiger partial charge is 0.352 e. The second-order valence-corrected chi connectivity index (χ2v) is 11.2. The summed E-state index contributed by atoms with van der Waals surface area (Å²) in [7, 11) is -3.97. The molecule has 11 heteroatoms. The lowest BCUT2D eigenvalue weighted by molar-refractivity contribution is -0.140. The maximum Gasteiger partial charge on any atom is 0.244 e. The lowest BCUT2D eigenvalue weighted by Crippen LogP contribution is -2.53. The number of benzene rings is 2. The summed E-state index contributed by atoms with van der Waals surface area (Å²) >= 11 is 5.85. The predicted molar refractivity (Wildman–Crippen MR) is 135 cm³/mol. The summed E-state index contributed by atoms with van der Waals surface area (Å²) in [6.45, 7) is 1.10. The predicted octanol–water partition coefficient (Wildman–Crippen LogP) is 4.25. The molecule has 1 atom stereocenters. The van der Waals surface area contributed by atoms with Gasteiger partial charge in [-0.25, -0.2) is 17.2 Å². The fourth-order valence-corrected chi connectivity index (χ4v) is 5.34. The SMILES string of the molecule is CCC(C(=O)NC1CCCC1)N(Cc1ccc(F)cc1)C(=O)CN(c1ccc(F)c(Cl)c1)S(C)(=O)=O. The van der Waals surface area contributed by atoms with Crippen LogP contribution in [0.3, 0.4) is 0 Å². The molecule has 1 fully saturated rings. The number of carbonyl (C=O) groups excluding carboxylic acids is 2. The quantitative estimate of drug-likeness (QED) is 0.487. The summed E-state index contributed by atoms with van der Waals surface area (Å²) in [6, 6.07) is 8.02. The van der Waals surface area contributed by atoms with Crippen LogP contribution in [0.15, 0.2) is 42.5 Å². The van der Waals surface area contributed by atoms with E-state index in [2.05, 4.69) is 5.32 Å². The van der Waals surface area contributed by atoms with Crippen LogP contribution in [0.2, 0.25) is 5.02 Å². The molecule has 196 valence electrons. The van der Waals surface area contributed by atoms with Gasteiger partial charge in [0.05, 0.1) is 17.0 Å². The Bertz CT molecular complexity index is 1190. The molecule has 2 amide bonds. The van der Waals surface area contributed by atoms with Crippen LogP contribution in [0.25, 0.3) is 0 Å². The van der Waals surface area contributed by atoms with Gasteiger partial charge in [0.25, 0.3) is 0 Å². The van der Waals surface area contributed by atoms with E-state index in [4.69, 9.17) is 11.6 Å². The van der Waals surface area contributed by atoms with Gasteiger partial charge in [-0.3, -0.25) is 13.9 Å². The highest BCUT2D eigenvalue weighted by atomic mass is 35.5. The molecule has 0 bridgehead atoms. The van der Waals surface area contributed by atoms with E-state index < -0.39 is 40.2 Å². The lowest BCUT2D eigenvalue weighted by Gasteiger charge is -2.33. The first-order valence-corrected chi connectivity index (χ1v) is 14.0. The van der Waals surface area contributed by atoms with Crippen molar-refractivity contribution in [3.05, 3.63) is 64.7 Å². The minimum absolute atomic E-state index is 0.0161. The molecule has 0 heterocycles. The third kappa shape index (κ3) is 7.16. The highest BCUT2D eigenvalue weighted by Gasteiger charge is 2.33. The van der Waals surface area contributed by atoms with E-state index in [0.29, 0.717) is 5.56 Å². The second kappa shape index (κ2) is 12.0. The minimum Gasteiger partial charge on any atom is -0.352 e. The van der Waals surface area contributed by atoms with Gasteiger partial charge in [-0.15, -0.1) is 0 Å². The van der Waals surface area contributed by atoms with Crippen molar-refractivity contribution in [3.8, 4) is 0 Å². The molecule has 1 aliphatic carbocycles. The first kappa shape index (κ1) is 27.9. The molecule has 0 spiro atoms. The third-order valence-electron chi connectivity index (χ3n) is 6.22. The topological polar surface area (TPSA) is 86.8 Å². The van der Waals surface area contributed by atoms with Crippen molar-refractivity contribution in [2.45, 2.75) is 57.7 Å². The zero-order chi connectivity index (χ0) is 26.5. The van der Waals surface area contributed by atoms with Crippen molar-refractivity contribution in [2.24, 2.45) is 0 Å².